The first-order valence-corrected chi connectivity index (χ1v) is 13.2. The van der Waals surface area contributed by atoms with E-state index in [4.69, 9.17) is 9.15 Å². The van der Waals surface area contributed by atoms with Crippen molar-refractivity contribution in [1.29, 1.82) is 0 Å². The molecular weight excluding hydrogens is 490 g/mol. The quantitative estimate of drug-likeness (QED) is 0.471. The molecule has 0 saturated carbocycles. The Morgan fingerprint density at radius 3 is 2.68 bits per heavy atom. The molecule has 3 heterocycles. The summed E-state index contributed by atoms with van der Waals surface area (Å²) in [6.07, 6.45) is 8.37. The summed E-state index contributed by atoms with van der Waals surface area (Å²) in [5.41, 5.74) is 0.821. The van der Waals surface area contributed by atoms with Gasteiger partial charge in [0.1, 0.15) is 18.4 Å². The standard InChI is InChI=1S/C28H39N3O7/c1-17(2)26-19(4)9-10-24(34)29-11-5-7-18(3)13-20(32)14-21(33)15-25-30-22(16-37-25)27(35)31-12-6-8-23(31)28(36)38-26/h5,7,9-10,13,16-17,19-21,23,26,32-33H,6,8,11-12,14-15H2,1-4H3,(H,29,34)/b7-5?,10-9+,18-13?/t19-,20-,21-,23-,26?/m1/s1. The van der Waals surface area contributed by atoms with Crippen molar-refractivity contribution in [3.05, 3.63) is 53.8 Å². The molecule has 10 heteroatoms. The molecule has 1 aromatic heterocycles. The van der Waals surface area contributed by atoms with Crippen LogP contribution in [0.5, 0.6) is 0 Å². The number of fused-ring (bicyclic) bond motifs is 3. The Morgan fingerprint density at radius 1 is 1.18 bits per heavy atom. The van der Waals surface area contributed by atoms with E-state index in [2.05, 4.69) is 10.3 Å². The summed E-state index contributed by atoms with van der Waals surface area (Å²) in [5.74, 6) is -1.29. The molecule has 1 saturated heterocycles. The highest BCUT2D eigenvalue weighted by atomic mass is 16.5. The molecule has 3 N–H and O–H groups in total. The number of carbonyl (C=O) groups excluding carboxylic acids is 3. The summed E-state index contributed by atoms with van der Waals surface area (Å²) < 4.78 is 11.3. The van der Waals surface area contributed by atoms with Crippen molar-refractivity contribution in [1.82, 2.24) is 15.2 Å². The number of rotatable bonds is 1. The third kappa shape index (κ3) is 8.13. The lowest BCUT2D eigenvalue weighted by atomic mass is 9.94. The van der Waals surface area contributed by atoms with Crippen LogP contribution in [0.3, 0.4) is 0 Å². The summed E-state index contributed by atoms with van der Waals surface area (Å²) in [7, 11) is 0. The molecule has 2 aliphatic rings. The predicted octanol–water partition coefficient (Wildman–Crippen LogP) is 2.33. The van der Waals surface area contributed by atoms with Crippen LogP contribution >= 0.6 is 0 Å². The minimum absolute atomic E-state index is 0.0146. The Hall–Kier alpha value is -3.24. The average molecular weight is 530 g/mol. The van der Waals surface area contributed by atoms with Gasteiger partial charge in [-0.25, -0.2) is 9.78 Å². The van der Waals surface area contributed by atoms with E-state index in [0.717, 1.165) is 5.57 Å². The van der Waals surface area contributed by atoms with Crippen molar-refractivity contribution < 1.29 is 33.8 Å². The molecule has 1 unspecified atom stereocenters. The number of allylic oxidation sites excluding steroid dienone is 2. The maximum absolute atomic E-state index is 13.2. The largest absolute Gasteiger partial charge is 0.460 e. The predicted molar refractivity (Wildman–Crippen MR) is 140 cm³/mol. The second kappa shape index (κ2) is 13.5. The molecule has 0 radical (unpaired) electrons. The SMILES string of the molecule is CC1=C[C@@H](O)C[C@@H](O)Cc2nc(co2)C(=O)N2CCC[C@@H]2C(=O)OC(C(C)C)[C@H](C)/C=C/C(=O)NCC=C1. The Bertz CT molecular complexity index is 1070. The van der Waals surface area contributed by atoms with Gasteiger partial charge in [-0.3, -0.25) is 9.59 Å². The molecule has 2 amide bonds. The zero-order valence-corrected chi connectivity index (χ0v) is 22.5. The van der Waals surface area contributed by atoms with Gasteiger partial charge in [-0.15, -0.1) is 0 Å². The van der Waals surface area contributed by atoms with Gasteiger partial charge >= 0.3 is 5.97 Å². The fourth-order valence-electron chi connectivity index (χ4n) is 4.77. The van der Waals surface area contributed by atoms with Gasteiger partial charge in [0.15, 0.2) is 11.6 Å². The molecule has 5 atom stereocenters. The van der Waals surface area contributed by atoms with Crippen LogP contribution in [0.1, 0.15) is 63.3 Å². The lowest BCUT2D eigenvalue weighted by Crippen LogP contribution is -2.44. The van der Waals surface area contributed by atoms with Crippen molar-refractivity contribution in [2.24, 2.45) is 11.8 Å². The van der Waals surface area contributed by atoms with E-state index in [0.29, 0.717) is 25.9 Å². The van der Waals surface area contributed by atoms with Gasteiger partial charge in [0.25, 0.3) is 5.91 Å². The number of nitrogens with zero attached hydrogens (tertiary/aromatic N) is 2. The summed E-state index contributed by atoms with van der Waals surface area (Å²) in [6, 6.07) is -0.743. The van der Waals surface area contributed by atoms with Crippen molar-refractivity contribution in [2.75, 3.05) is 13.1 Å². The smallest absolute Gasteiger partial charge is 0.329 e. The first kappa shape index (κ1) is 29.3. The summed E-state index contributed by atoms with van der Waals surface area (Å²) >= 11 is 0. The molecule has 10 nitrogen and oxygen atoms in total. The minimum Gasteiger partial charge on any atom is -0.460 e. The average Bonchev–Trinajstić information content (AvgIpc) is 3.52. The Labute approximate surface area is 223 Å². The fraction of sp³-hybridized carbons (Fsp3) is 0.571. The van der Waals surface area contributed by atoms with E-state index in [-0.39, 0.29) is 42.2 Å². The third-order valence-electron chi connectivity index (χ3n) is 6.69. The van der Waals surface area contributed by atoms with Crippen LogP contribution in [-0.4, -0.2) is 75.3 Å². The van der Waals surface area contributed by atoms with Gasteiger partial charge in [0.2, 0.25) is 5.91 Å². The summed E-state index contributed by atoms with van der Waals surface area (Å²) in [4.78, 5) is 44.3. The number of amides is 2. The van der Waals surface area contributed by atoms with Gasteiger partial charge in [0, 0.05) is 25.4 Å². The van der Waals surface area contributed by atoms with Gasteiger partial charge in [-0.1, -0.05) is 50.6 Å². The maximum Gasteiger partial charge on any atom is 0.329 e. The second-order valence-corrected chi connectivity index (χ2v) is 10.4. The number of aliphatic hydroxyl groups is 2. The van der Waals surface area contributed by atoms with Crippen LogP contribution in [0.4, 0.5) is 0 Å². The lowest BCUT2D eigenvalue weighted by Gasteiger charge is -2.29. The number of hydrogen-bond donors (Lipinski definition) is 3. The molecule has 1 aromatic rings. The van der Waals surface area contributed by atoms with Crippen LogP contribution in [-0.2, 0) is 20.7 Å². The fourth-order valence-corrected chi connectivity index (χ4v) is 4.77. The van der Waals surface area contributed by atoms with E-state index in [9.17, 15) is 24.6 Å². The Kier molecular flexibility index (Phi) is 10.4. The van der Waals surface area contributed by atoms with Crippen LogP contribution in [0.25, 0.3) is 0 Å². The highest BCUT2D eigenvalue weighted by molar-refractivity contribution is 5.95. The van der Waals surface area contributed by atoms with E-state index >= 15 is 0 Å². The van der Waals surface area contributed by atoms with Crippen molar-refractivity contribution in [3.8, 4) is 0 Å². The van der Waals surface area contributed by atoms with Crippen molar-refractivity contribution >= 4 is 17.8 Å². The highest BCUT2D eigenvalue weighted by Gasteiger charge is 2.38. The second-order valence-electron chi connectivity index (χ2n) is 10.4. The summed E-state index contributed by atoms with van der Waals surface area (Å²) in [5, 5.41) is 23.5. The van der Waals surface area contributed by atoms with Gasteiger partial charge in [-0.2, -0.15) is 0 Å². The molecule has 1 fully saturated rings. The normalized spacial score (nSPS) is 29.4. The number of aromatic nitrogens is 1. The number of esters is 1. The highest BCUT2D eigenvalue weighted by Crippen LogP contribution is 2.25. The van der Waals surface area contributed by atoms with Gasteiger partial charge in [-0.05, 0) is 31.8 Å². The number of hydrogen-bond acceptors (Lipinski definition) is 8. The zero-order valence-electron chi connectivity index (χ0n) is 22.5. The first-order chi connectivity index (χ1) is 18.0. The molecule has 2 aliphatic heterocycles. The van der Waals surface area contributed by atoms with E-state index in [1.54, 1.807) is 24.3 Å². The van der Waals surface area contributed by atoms with Crippen molar-refractivity contribution in [2.45, 2.75) is 77.7 Å². The number of oxazole rings is 1. The van der Waals surface area contributed by atoms with E-state index in [1.807, 2.05) is 27.7 Å². The maximum atomic E-state index is 13.2. The number of cyclic esters (lactones) is 1. The van der Waals surface area contributed by atoms with Crippen LogP contribution in [0.15, 0.2) is 46.6 Å². The van der Waals surface area contributed by atoms with Gasteiger partial charge < -0.3 is 29.6 Å². The van der Waals surface area contributed by atoms with Crippen LogP contribution in [0, 0.1) is 11.8 Å². The molecule has 38 heavy (non-hydrogen) atoms. The van der Waals surface area contributed by atoms with Crippen LogP contribution in [0.2, 0.25) is 0 Å². The van der Waals surface area contributed by atoms with Crippen molar-refractivity contribution in [3.63, 3.8) is 0 Å². The lowest BCUT2D eigenvalue weighted by molar-refractivity contribution is -0.158. The topological polar surface area (TPSA) is 142 Å². The van der Waals surface area contributed by atoms with E-state index in [1.165, 1.54) is 17.2 Å². The molecular formula is C28H39N3O7. The molecule has 3 rings (SSSR count). The van der Waals surface area contributed by atoms with Gasteiger partial charge in [0.05, 0.1) is 18.6 Å². The van der Waals surface area contributed by atoms with E-state index < -0.39 is 36.2 Å². The Morgan fingerprint density at radius 2 is 1.95 bits per heavy atom. The molecule has 0 aliphatic carbocycles. The molecule has 0 aromatic carbocycles. The minimum atomic E-state index is -0.947. The molecule has 2 bridgehead atoms. The third-order valence-corrected chi connectivity index (χ3v) is 6.69. The molecule has 208 valence electrons. The summed E-state index contributed by atoms with van der Waals surface area (Å²) in [6.45, 7) is 8.25. The number of ether oxygens (including phenoxy) is 1. The Balaban J connectivity index is 1.85. The molecule has 0 spiro atoms. The number of aliphatic hydroxyl groups excluding tert-OH is 2. The first-order valence-electron chi connectivity index (χ1n) is 13.2. The number of nitrogens with one attached hydrogen (secondary N) is 1. The zero-order chi connectivity index (χ0) is 27.8. The monoisotopic (exact) mass is 529 g/mol. The van der Waals surface area contributed by atoms with Crippen LogP contribution < -0.4 is 5.32 Å². The number of carbonyl (C=O) groups is 3.